The van der Waals surface area contributed by atoms with Crippen LogP contribution < -0.4 is 10.2 Å². The van der Waals surface area contributed by atoms with Crippen LogP contribution in [-0.2, 0) is 16.1 Å². The smallest absolute Gasteiger partial charge is 0.227 e. The highest BCUT2D eigenvalue weighted by molar-refractivity contribution is 5.83. The maximum absolute atomic E-state index is 12.8. The van der Waals surface area contributed by atoms with Crippen LogP contribution in [0.15, 0.2) is 18.3 Å². The molecule has 3 fully saturated rings. The Hall–Kier alpha value is -2.15. The van der Waals surface area contributed by atoms with E-state index in [0.29, 0.717) is 6.54 Å². The zero-order valence-corrected chi connectivity index (χ0v) is 16.1. The molecule has 3 aliphatic heterocycles. The van der Waals surface area contributed by atoms with Gasteiger partial charge in [-0.2, -0.15) is 0 Å². The number of hydrogen-bond donors (Lipinski definition) is 1. The standard InChI is InChI=1S/C20H29N5O2/c1-16(26)24-9-11-25(12-10-24)18-13-17(3-6-21-18)14-22-19(27)20-4-2-7-23(15-20)8-5-20/h3,6,13H,2,4-5,7-12,14-15H2,1H3,(H,22,27). The van der Waals surface area contributed by atoms with Crippen molar-refractivity contribution in [2.75, 3.05) is 50.7 Å². The lowest BCUT2D eigenvalue weighted by Crippen LogP contribution is -2.48. The second-order valence-electron chi connectivity index (χ2n) is 8.11. The van der Waals surface area contributed by atoms with Crippen molar-refractivity contribution in [3.05, 3.63) is 23.9 Å². The van der Waals surface area contributed by atoms with Gasteiger partial charge in [-0.3, -0.25) is 9.59 Å². The molecule has 0 aromatic carbocycles. The van der Waals surface area contributed by atoms with Crippen LogP contribution in [0.5, 0.6) is 0 Å². The normalized spacial score (nSPS) is 27.5. The average molecular weight is 371 g/mol. The molecule has 27 heavy (non-hydrogen) atoms. The summed E-state index contributed by atoms with van der Waals surface area (Å²) in [4.78, 5) is 35.3. The summed E-state index contributed by atoms with van der Waals surface area (Å²) in [5, 5.41) is 3.17. The minimum atomic E-state index is -0.170. The maximum atomic E-state index is 12.8. The summed E-state index contributed by atoms with van der Waals surface area (Å²) in [6.45, 7) is 8.33. The lowest BCUT2D eigenvalue weighted by molar-refractivity contribution is -0.132. The lowest BCUT2D eigenvalue weighted by atomic mass is 9.80. The molecule has 7 nitrogen and oxygen atoms in total. The summed E-state index contributed by atoms with van der Waals surface area (Å²) in [5.74, 6) is 1.26. The van der Waals surface area contributed by atoms with E-state index in [0.717, 1.165) is 76.5 Å². The number of piperazine rings is 1. The van der Waals surface area contributed by atoms with Gasteiger partial charge in [-0.05, 0) is 50.0 Å². The summed E-state index contributed by atoms with van der Waals surface area (Å²) in [6.07, 6.45) is 4.93. The minimum absolute atomic E-state index is 0.131. The van der Waals surface area contributed by atoms with Crippen molar-refractivity contribution < 1.29 is 9.59 Å². The van der Waals surface area contributed by atoms with E-state index in [9.17, 15) is 9.59 Å². The van der Waals surface area contributed by atoms with Crippen molar-refractivity contribution in [2.45, 2.75) is 32.7 Å². The fraction of sp³-hybridized carbons (Fsp3) is 0.650. The van der Waals surface area contributed by atoms with Gasteiger partial charge in [-0.15, -0.1) is 0 Å². The number of piperidine rings is 1. The summed E-state index contributed by atoms with van der Waals surface area (Å²) in [7, 11) is 0. The number of aromatic nitrogens is 1. The molecule has 2 bridgehead atoms. The monoisotopic (exact) mass is 371 g/mol. The molecule has 4 rings (SSSR count). The van der Waals surface area contributed by atoms with Crippen LogP contribution in [0.3, 0.4) is 0 Å². The highest BCUT2D eigenvalue weighted by Crippen LogP contribution is 2.39. The van der Waals surface area contributed by atoms with Crippen molar-refractivity contribution in [3.63, 3.8) is 0 Å². The quantitative estimate of drug-likeness (QED) is 0.850. The van der Waals surface area contributed by atoms with Crippen molar-refractivity contribution >= 4 is 17.6 Å². The van der Waals surface area contributed by atoms with Crippen LogP contribution in [0.2, 0.25) is 0 Å². The van der Waals surface area contributed by atoms with Crippen LogP contribution in [-0.4, -0.2) is 72.4 Å². The summed E-state index contributed by atoms with van der Waals surface area (Å²) in [5.41, 5.74) is 0.904. The third kappa shape index (κ3) is 3.78. The first-order chi connectivity index (χ1) is 13.1. The van der Waals surface area contributed by atoms with Crippen LogP contribution in [0.25, 0.3) is 0 Å². The molecule has 0 saturated carbocycles. The van der Waals surface area contributed by atoms with E-state index < -0.39 is 0 Å². The fourth-order valence-corrected chi connectivity index (χ4v) is 4.66. The topological polar surface area (TPSA) is 68.8 Å². The largest absolute Gasteiger partial charge is 0.353 e. The highest BCUT2D eigenvalue weighted by Gasteiger charge is 2.46. The van der Waals surface area contributed by atoms with Crippen LogP contribution in [0.1, 0.15) is 31.7 Å². The zero-order valence-electron chi connectivity index (χ0n) is 16.1. The third-order valence-electron chi connectivity index (χ3n) is 6.36. The molecule has 0 spiro atoms. The second kappa shape index (κ2) is 7.46. The molecule has 1 aromatic heterocycles. The number of pyridine rings is 1. The number of fused-ring (bicyclic) bond motifs is 2. The number of carbonyl (C=O) groups is 2. The Morgan fingerprint density at radius 3 is 2.74 bits per heavy atom. The number of nitrogens with zero attached hydrogens (tertiary/aromatic N) is 4. The molecule has 146 valence electrons. The molecule has 0 radical (unpaired) electrons. The van der Waals surface area contributed by atoms with E-state index in [1.807, 2.05) is 17.2 Å². The van der Waals surface area contributed by atoms with E-state index in [1.165, 1.54) is 0 Å². The van der Waals surface area contributed by atoms with Gasteiger partial charge in [0.15, 0.2) is 0 Å². The molecule has 2 unspecified atom stereocenters. The van der Waals surface area contributed by atoms with Gasteiger partial charge in [-0.1, -0.05) is 0 Å². The molecule has 3 saturated heterocycles. The van der Waals surface area contributed by atoms with Gasteiger partial charge in [0.05, 0.1) is 5.41 Å². The maximum Gasteiger partial charge on any atom is 0.227 e. The van der Waals surface area contributed by atoms with E-state index in [1.54, 1.807) is 6.92 Å². The molecule has 1 aromatic rings. The van der Waals surface area contributed by atoms with Crippen molar-refractivity contribution in [2.24, 2.45) is 5.41 Å². The molecular formula is C20H29N5O2. The second-order valence-corrected chi connectivity index (χ2v) is 8.11. The summed E-state index contributed by atoms with van der Waals surface area (Å²) < 4.78 is 0. The Labute approximate surface area is 160 Å². The van der Waals surface area contributed by atoms with Gasteiger partial charge < -0.3 is 20.0 Å². The molecule has 4 heterocycles. The molecule has 7 heteroatoms. The number of anilines is 1. The van der Waals surface area contributed by atoms with E-state index in [-0.39, 0.29) is 17.2 Å². The average Bonchev–Trinajstić information content (AvgIpc) is 3.01. The van der Waals surface area contributed by atoms with Gasteiger partial charge >= 0.3 is 0 Å². The molecule has 3 aliphatic rings. The van der Waals surface area contributed by atoms with Crippen molar-refractivity contribution in [1.82, 2.24) is 20.1 Å². The molecule has 0 aliphatic carbocycles. The van der Waals surface area contributed by atoms with Gasteiger partial charge in [0, 0.05) is 52.4 Å². The Morgan fingerprint density at radius 2 is 1.96 bits per heavy atom. The minimum Gasteiger partial charge on any atom is -0.353 e. The van der Waals surface area contributed by atoms with Gasteiger partial charge in [0.1, 0.15) is 5.82 Å². The lowest BCUT2D eigenvalue weighted by Gasteiger charge is -2.35. The number of rotatable bonds is 4. The van der Waals surface area contributed by atoms with Gasteiger partial charge in [0.2, 0.25) is 11.8 Å². The first kappa shape index (κ1) is 18.2. The number of carbonyl (C=O) groups excluding carboxylic acids is 2. The Balaban J connectivity index is 1.34. The SMILES string of the molecule is CC(=O)N1CCN(c2cc(CNC(=O)C34CCCN(CC3)C4)ccn2)CC1. The van der Waals surface area contributed by atoms with Crippen LogP contribution >= 0.6 is 0 Å². The Bertz CT molecular complexity index is 712. The van der Waals surface area contributed by atoms with E-state index in [4.69, 9.17) is 0 Å². The van der Waals surface area contributed by atoms with Crippen molar-refractivity contribution in [3.8, 4) is 0 Å². The molecular weight excluding hydrogens is 342 g/mol. The molecule has 2 amide bonds. The predicted molar refractivity (Wildman–Crippen MR) is 103 cm³/mol. The van der Waals surface area contributed by atoms with Crippen molar-refractivity contribution in [1.29, 1.82) is 0 Å². The molecule has 2 atom stereocenters. The molecule has 1 N–H and O–H groups in total. The van der Waals surface area contributed by atoms with Crippen LogP contribution in [0.4, 0.5) is 5.82 Å². The summed E-state index contributed by atoms with van der Waals surface area (Å²) in [6, 6.07) is 4.03. The zero-order chi connectivity index (χ0) is 18.9. The first-order valence-electron chi connectivity index (χ1n) is 10.0. The highest BCUT2D eigenvalue weighted by atomic mass is 16.2. The number of amides is 2. The first-order valence-corrected chi connectivity index (χ1v) is 10.0. The fourth-order valence-electron chi connectivity index (χ4n) is 4.66. The third-order valence-corrected chi connectivity index (χ3v) is 6.36. The predicted octanol–water partition coefficient (Wildman–Crippen LogP) is 0.852. The number of nitrogens with one attached hydrogen (secondary N) is 1. The summed E-state index contributed by atoms with van der Waals surface area (Å²) >= 11 is 0. The van der Waals surface area contributed by atoms with E-state index >= 15 is 0 Å². The van der Waals surface area contributed by atoms with Gasteiger partial charge in [-0.25, -0.2) is 4.98 Å². The Kier molecular flexibility index (Phi) is 5.04. The Morgan fingerprint density at radius 1 is 1.15 bits per heavy atom. The van der Waals surface area contributed by atoms with Crippen LogP contribution in [0, 0.1) is 5.41 Å². The van der Waals surface area contributed by atoms with E-state index in [2.05, 4.69) is 26.2 Å². The van der Waals surface area contributed by atoms with Gasteiger partial charge in [0.25, 0.3) is 0 Å². The number of hydrogen-bond acceptors (Lipinski definition) is 5.